The molecule has 1 unspecified atom stereocenters. The second-order valence-corrected chi connectivity index (χ2v) is 3.82. The first kappa shape index (κ1) is 11.6. The predicted octanol–water partition coefficient (Wildman–Crippen LogP) is 1.81. The van der Waals surface area contributed by atoms with Crippen molar-refractivity contribution in [3.05, 3.63) is 30.2 Å². The van der Waals surface area contributed by atoms with Gasteiger partial charge in [-0.15, -0.1) is 0 Å². The third-order valence-corrected chi connectivity index (χ3v) is 2.54. The molecule has 0 amide bonds. The number of hydrogen-bond acceptors (Lipinski definition) is 5. The monoisotopic (exact) mass is 233 g/mol. The average molecular weight is 233 g/mol. The van der Waals surface area contributed by atoms with Crippen molar-refractivity contribution >= 4 is 0 Å². The molecular formula is C12H15N3O2. The van der Waals surface area contributed by atoms with Crippen LogP contribution in [-0.4, -0.2) is 23.8 Å². The van der Waals surface area contributed by atoms with Crippen LogP contribution in [0.1, 0.15) is 18.7 Å². The zero-order valence-corrected chi connectivity index (χ0v) is 9.88. The number of rotatable bonds is 4. The Labute approximate surface area is 99.6 Å². The molecule has 0 aliphatic heterocycles. The van der Waals surface area contributed by atoms with Crippen LogP contribution in [0.25, 0.3) is 11.4 Å². The molecule has 0 spiro atoms. The SMILES string of the molecule is COc1cccc(-c2noc(C(C)CN)n2)c1. The molecule has 1 heterocycles. The van der Waals surface area contributed by atoms with Crippen LogP contribution >= 0.6 is 0 Å². The van der Waals surface area contributed by atoms with Crippen molar-refractivity contribution < 1.29 is 9.26 Å². The maximum Gasteiger partial charge on any atom is 0.231 e. The third kappa shape index (κ3) is 2.45. The number of aromatic nitrogens is 2. The van der Waals surface area contributed by atoms with E-state index in [1.54, 1.807) is 7.11 Å². The summed E-state index contributed by atoms with van der Waals surface area (Å²) in [6, 6.07) is 7.52. The fourth-order valence-electron chi connectivity index (χ4n) is 1.42. The second-order valence-electron chi connectivity index (χ2n) is 3.82. The number of methoxy groups -OCH3 is 1. The Kier molecular flexibility index (Phi) is 3.39. The van der Waals surface area contributed by atoms with Crippen LogP contribution in [0.4, 0.5) is 0 Å². The zero-order chi connectivity index (χ0) is 12.3. The minimum Gasteiger partial charge on any atom is -0.497 e. The molecule has 1 atom stereocenters. The summed E-state index contributed by atoms with van der Waals surface area (Å²) in [5.41, 5.74) is 6.41. The van der Waals surface area contributed by atoms with Gasteiger partial charge < -0.3 is 15.0 Å². The number of benzene rings is 1. The van der Waals surface area contributed by atoms with Gasteiger partial charge in [-0.2, -0.15) is 4.98 Å². The maximum atomic E-state index is 5.55. The molecule has 2 N–H and O–H groups in total. The lowest BCUT2D eigenvalue weighted by Crippen LogP contribution is -2.08. The van der Waals surface area contributed by atoms with E-state index in [4.69, 9.17) is 15.0 Å². The molecule has 1 aromatic heterocycles. The van der Waals surface area contributed by atoms with Gasteiger partial charge in [-0.05, 0) is 12.1 Å². The molecule has 90 valence electrons. The Bertz CT molecular complexity index is 496. The number of ether oxygens (including phenoxy) is 1. The summed E-state index contributed by atoms with van der Waals surface area (Å²) in [5, 5.41) is 3.93. The van der Waals surface area contributed by atoms with Gasteiger partial charge in [0.25, 0.3) is 0 Å². The van der Waals surface area contributed by atoms with Crippen molar-refractivity contribution in [3.8, 4) is 17.1 Å². The summed E-state index contributed by atoms with van der Waals surface area (Å²) < 4.78 is 10.3. The van der Waals surface area contributed by atoms with E-state index in [1.807, 2.05) is 31.2 Å². The quantitative estimate of drug-likeness (QED) is 0.871. The number of hydrogen-bond donors (Lipinski definition) is 1. The Morgan fingerprint density at radius 3 is 3.00 bits per heavy atom. The fraction of sp³-hybridized carbons (Fsp3) is 0.333. The van der Waals surface area contributed by atoms with Gasteiger partial charge in [0.15, 0.2) is 0 Å². The van der Waals surface area contributed by atoms with Crippen LogP contribution < -0.4 is 10.5 Å². The molecule has 0 aliphatic carbocycles. The van der Waals surface area contributed by atoms with Crippen molar-refractivity contribution in [1.82, 2.24) is 10.1 Å². The molecule has 0 saturated heterocycles. The Balaban J connectivity index is 2.30. The first-order chi connectivity index (χ1) is 8.24. The van der Waals surface area contributed by atoms with Gasteiger partial charge in [0, 0.05) is 18.0 Å². The van der Waals surface area contributed by atoms with E-state index in [2.05, 4.69) is 10.1 Å². The minimum absolute atomic E-state index is 0.0712. The molecule has 0 saturated carbocycles. The van der Waals surface area contributed by atoms with Crippen LogP contribution in [0.2, 0.25) is 0 Å². The van der Waals surface area contributed by atoms with Crippen LogP contribution in [0.3, 0.4) is 0 Å². The summed E-state index contributed by atoms with van der Waals surface area (Å²) in [6.45, 7) is 2.43. The van der Waals surface area contributed by atoms with E-state index >= 15 is 0 Å². The van der Waals surface area contributed by atoms with Gasteiger partial charge >= 0.3 is 0 Å². The van der Waals surface area contributed by atoms with Gasteiger partial charge in [-0.1, -0.05) is 24.2 Å². The normalized spacial score (nSPS) is 12.4. The summed E-state index contributed by atoms with van der Waals surface area (Å²) in [7, 11) is 1.62. The average Bonchev–Trinajstić information content (AvgIpc) is 2.87. The first-order valence-corrected chi connectivity index (χ1v) is 5.42. The molecule has 0 aliphatic rings. The largest absolute Gasteiger partial charge is 0.497 e. The van der Waals surface area contributed by atoms with E-state index in [0.717, 1.165) is 11.3 Å². The lowest BCUT2D eigenvalue weighted by atomic mass is 10.2. The van der Waals surface area contributed by atoms with Gasteiger partial charge in [-0.3, -0.25) is 0 Å². The standard InChI is InChI=1S/C12H15N3O2/c1-8(7-13)12-14-11(15-17-12)9-4-3-5-10(6-9)16-2/h3-6,8H,7,13H2,1-2H3. The van der Waals surface area contributed by atoms with E-state index in [9.17, 15) is 0 Å². The summed E-state index contributed by atoms with van der Waals surface area (Å²) in [6.07, 6.45) is 0. The van der Waals surface area contributed by atoms with E-state index in [1.165, 1.54) is 0 Å². The number of nitrogens with two attached hydrogens (primary N) is 1. The first-order valence-electron chi connectivity index (χ1n) is 5.42. The molecule has 5 nitrogen and oxygen atoms in total. The van der Waals surface area contributed by atoms with Crippen molar-refractivity contribution in [2.45, 2.75) is 12.8 Å². The van der Waals surface area contributed by atoms with Crippen molar-refractivity contribution in [3.63, 3.8) is 0 Å². The van der Waals surface area contributed by atoms with E-state index in [-0.39, 0.29) is 5.92 Å². The van der Waals surface area contributed by atoms with E-state index < -0.39 is 0 Å². The molecule has 2 rings (SSSR count). The number of nitrogens with zero attached hydrogens (tertiary/aromatic N) is 2. The summed E-state index contributed by atoms with van der Waals surface area (Å²) in [5.74, 6) is 1.95. The van der Waals surface area contributed by atoms with Crippen LogP contribution in [0, 0.1) is 0 Å². The smallest absolute Gasteiger partial charge is 0.231 e. The van der Waals surface area contributed by atoms with Gasteiger partial charge in [-0.25, -0.2) is 0 Å². The maximum absolute atomic E-state index is 5.55. The van der Waals surface area contributed by atoms with E-state index in [0.29, 0.717) is 18.3 Å². The van der Waals surface area contributed by atoms with Crippen molar-refractivity contribution in [1.29, 1.82) is 0 Å². The van der Waals surface area contributed by atoms with Gasteiger partial charge in [0.2, 0.25) is 11.7 Å². The molecule has 17 heavy (non-hydrogen) atoms. The highest BCUT2D eigenvalue weighted by atomic mass is 16.5. The fourth-order valence-corrected chi connectivity index (χ4v) is 1.42. The second kappa shape index (κ2) is 4.97. The molecule has 5 heteroatoms. The molecule has 0 fully saturated rings. The predicted molar refractivity (Wildman–Crippen MR) is 63.8 cm³/mol. The minimum atomic E-state index is 0.0712. The van der Waals surface area contributed by atoms with Crippen LogP contribution in [0.5, 0.6) is 5.75 Å². The molecule has 0 radical (unpaired) electrons. The van der Waals surface area contributed by atoms with Gasteiger partial charge in [0.1, 0.15) is 5.75 Å². The van der Waals surface area contributed by atoms with Crippen molar-refractivity contribution in [2.24, 2.45) is 5.73 Å². The lowest BCUT2D eigenvalue weighted by Gasteiger charge is -2.00. The highest BCUT2D eigenvalue weighted by molar-refractivity contribution is 5.56. The molecule has 0 bridgehead atoms. The van der Waals surface area contributed by atoms with Crippen LogP contribution in [0.15, 0.2) is 28.8 Å². The Morgan fingerprint density at radius 1 is 1.47 bits per heavy atom. The molecule has 1 aromatic carbocycles. The van der Waals surface area contributed by atoms with Crippen LogP contribution in [-0.2, 0) is 0 Å². The highest BCUT2D eigenvalue weighted by Crippen LogP contribution is 2.22. The zero-order valence-electron chi connectivity index (χ0n) is 9.88. The third-order valence-electron chi connectivity index (χ3n) is 2.54. The van der Waals surface area contributed by atoms with Crippen molar-refractivity contribution in [2.75, 3.05) is 13.7 Å². The van der Waals surface area contributed by atoms with Gasteiger partial charge in [0.05, 0.1) is 7.11 Å². The molecule has 2 aromatic rings. The summed E-state index contributed by atoms with van der Waals surface area (Å²) in [4.78, 5) is 4.31. The lowest BCUT2D eigenvalue weighted by molar-refractivity contribution is 0.361. The Hall–Kier alpha value is -1.88. The summed E-state index contributed by atoms with van der Waals surface area (Å²) >= 11 is 0. The Morgan fingerprint density at radius 2 is 2.29 bits per heavy atom. The highest BCUT2D eigenvalue weighted by Gasteiger charge is 2.13. The topological polar surface area (TPSA) is 74.2 Å². The molecular weight excluding hydrogens is 218 g/mol.